The molecule has 0 spiro atoms. The fourth-order valence-corrected chi connectivity index (χ4v) is 3.82. The van der Waals surface area contributed by atoms with E-state index in [9.17, 15) is 5.11 Å². The molecule has 0 saturated carbocycles. The number of nitrogens with zero attached hydrogens (tertiary/aromatic N) is 3. The summed E-state index contributed by atoms with van der Waals surface area (Å²) in [5.74, 6) is 7.14. The van der Waals surface area contributed by atoms with Crippen molar-refractivity contribution in [2.24, 2.45) is 0 Å². The molecule has 2 aromatic carbocycles. The molecule has 32 heavy (non-hydrogen) atoms. The van der Waals surface area contributed by atoms with Crippen molar-refractivity contribution in [2.45, 2.75) is 38.3 Å². The minimum atomic E-state index is -0.118. The van der Waals surface area contributed by atoms with Gasteiger partial charge in [0.05, 0.1) is 18.9 Å². The maximum atomic E-state index is 9.63. The van der Waals surface area contributed by atoms with E-state index >= 15 is 0 Å². The Hall–Kier alpha value is -3.20. The number of methoxy groups -OCH3 is 1. The molecule has 0 atom stereocenters. The highest BCUT2D eigenvalue weighted by Gasteiger charge is 2.16. The standard InChI is InChI=1S/C27H29N3O2/c1-32-26-13-10-23(11-14-26)27-15-12-24(28-29-27)5-3-2-4-21-6-8-22(9-7-21)20-30-18-16-25(31)17-19-30/h6-15,25,31H,2,4,16-20H2,1H3. The van der Waals surface area contributed by atoms with Gasteiger partial charge >= 0.3 is 0 Å². The molecule has 0 amide bonds. The Morgan fingerprint density at radius 2 is 1.66 bits per heavy atom. The Balaban J connectivity index is 1.25. The second-order valence-electron chi connectivity index (χ2n) is 8.16. The quantitative estimate of drug-likeness (QED) is 0.601. The number of benzene rings is 2. The molecule has 0 radical (unpaired) electrons. The number of rotatable bonds is 6. The average molecular weight is 428 g/mol. The SMILES string of the molecule is COc1ccc(-c2ccc(C#CCCc3ccc(CN4CCC(O)CC4)cc3)nn2)cc1. The van der Waals surface area contributed by atoms with E-state index in [0.717, 1.165) is 62.3 Å². The molecular formula is C27H29N3O2. The monoisotopic (exact) mass is 427 g/mol. The Kier molecular flexibility index (Phi) is 7.50. The molecule has 0 unspecified atom stereocenters. The van der Waals surface area contributed by atoms with Crippen molar-refractivity contribution in [3.05, 3.63) is 77.5 Å². The Labute approximate surface area is 190 Å². The van der Waals surface area contributed by atoms with Gasteiger partial charge in [0.1, 0.15) is 11.4 Å². The Morgan fingerprint density at radius 3 is 2.31 bits per heavy atom. The number of aryl methyl sites for hydroxylation is 1. The number of piperidine rings is 1. The van der Waals surface area contributed by atoms with Crippen LogP contribution in [0.4, 0.5) is 0 Å². The summed E-state index contributed by atoms with van der Waals surface area (Å²) in [6.45, 7) is 2.91. The summed E-state index contributed by atoms with van der Waals surface area (Å²) in [4.78, 5) is 2.41. The van der Waals surface area contributed by atoms with Crippen LogP contribution in [0.1, 0.15) is 36.1 Å². The fourth-order valence-electron chi connectivity index (χ4n) is 3.82. The molecule has 0 aliphatic carbocycles. The van der Waals surface area contributed by atoms with Crippen molar-refractivity contribution in [3.8, 4) is 28.8 Å². The first-order valence-electron chi connectivity index (χ1n) is 11.1. The van der Waals surface area contributed by atoms with E-state index in [-0.39, 0.29) is 6.10 Å². The topological polar surface area (TPSA) is 58.5 Å². The van der Waals surface area contributed by atoms with E-state index in [4.69, 9.17) is 4.74 Å². The predicted octanol–water partition coefficient (Wildman–Crippen LogP) is 4.09. The van der Waals surface area contributed by atoms with Crippen LogP contribution in [-0.2, 0) is 13.0 Å². The van der Waals surface area contributed by atoms with Crippen LogP contribution < -0.4 is 4.74 Å². The van der Waals surface area contributed by atoms with Crippen LogP contribution in [0.15, 0.2) is 60.7 Å². The van der Waals surface area contributed by atoms with Gasteiger partial charge in [0.2, 0.25) is 0 Å². The van der Waals surface area contributed by atoms with E-state index in [1.54, 1.807) is 7.11 Å². The van der Waals surface area contributed by atoms with Gasteiger partial charge in [0, 0.05) is 31.6 Å². The van der Waals surface area contributed by atoms with Gasteiger partial charge in [-0.25, -0.2) is 0 Å². The minimum absolute atomic E-state index is 0.118. The first-order chi connectivity index (χ1) is 15.7. The van der Waals surface area contributed by atoms with E-state index < -0.39 is 0 Å². The largest absolute Gasteiger partial charge is 0.497 e. The summed E-state index contributed by atoms with van der Waals surface area (Å²) >= 11 is 0. The number of hydrogen-bond donors (Lipinski definition) is 1. The number of likely N-dealkylation sites (tertiary alicyclic amines) is 1. The number of hydrogen-bond acceptors (Lipinski definition) is 5. The van der Waals surface area contributed by atoms with Gasteiger partial charge in [0.15, 0.2) is 0 Å². The summed E-state index contributed by atoms with van der Waals surface area (Å²) in [5.41, 5.74) is 5.11. The maximum Gasteiger partial charge on any atom is 0.135 e. The lowest BCUT2D eigenvalue weighted by molar-refractivity contribution is 0.0792. The third-order valence-corrected chi connectivity index (χ3v) is 5.79. The van der Waals surface area contributed by atoms with E-state index in [0.29, 0.717) is 5.69 Å². The van der Waals surface area contributed by atoms with Crippen LogP contribution in [0.3, 0.4) is 0 Å². The highest BCUT2D eigenvalue weighted by Crippen LogP contribution is 2.20. The molecule has 1 saturated heterocycles. The predicted molar refractivity (Wildman–Crippen MR) is 126 cm³/mol. The number of aliphatic hydroxyl groups is 1. The van der Waals surface area contributed by atoms with Crippen LogP contribution in [0.25, 0.3) is 11.3 Å². The Bertz CT molecular complexity index is 1040. The second kappa shape index (κ2) is 10.9. The second-order valence-corrected chi connectivity index (χ2v) is 8.16. The third-order valence-electron chi connectivity index (χ3n) is 5.79. The lowest BCUT2D eigenvalue weighted by Crippen LogP contribution is -2.35. The maximum absolute atomic E-state index is 9.63. The molecule has 164 valence electrons. The number of aliphatic hydroxyl groups excluding tert-OH is 1. The van der Waals surface area contributed by atoms with Crippen LogP contribution in [0, 0.1) is 11.8 Å². The van der Waals surface area contributed by atoms with E-state index in [2.05, 4.69) is 51.2 Å². The normalized spacial score (nSPS) is 14.6. The summed E-state index contributed by atoms with van der Waals surface area (Å²) in [5, 5.41) is 18.2. The van der Waals surface area contributed by atoms with Crippen molar-refractivity contribution in [3.63, 3.8) is 0 Å². The van der Waals surface area contributed by atoms with Gasteiger partial charge < -0.3 is 9.84 Å². The molecule has 0 bridgehead atoms. The zero-order valence-corrected chi connectivity index (χ0v) is 18.5. The Morgan fingerprint density at radius 1 is 0.938 bits per heavy atom. The van der Waals surface area contributed by atoms with Crippen molar-refractivity contribution in [2.75, 3.05) is 20.2 Å². The fraction of sp³-hybridized carbons (Fsp3) is 0.333. The zero-order valence-electron chi connectivity index (χ0n) is 18.5. The van der Waals surface area contributed by atoms with E-state index in [1.807, 2.05) is 36.4 Å². The average Bonchev–Trinajstić information content (AvgIpc) is 2.85. The van der Waals surface area contributed by atoms with Crippen molar-refractivity contribution in [1.82, 2.24) is 15.1 Å². The van der Waals surface area contributed by atoms with Gasteiger partial charge in [-0.05, 0) is 72.7 Å². The van der Waals surface area contributed by atoms with Gasteiger partial charge in [0.25, 0.3) is 0 Å². The number of aromatic nitrogens is 2. The van der Waals surface area contributed by atoms with Crippen molar-refractivity contribution >= 4 is 0 Å². The molecule has 1 aliphatic heterocycles. The number of ether oxygens (including phenoxy) is 1. The van der Waals surface area contributed by atoms with Crippen LogP contribution in [-0.4, -0.2) is 46.5 Å². The highest BCUT2D eigenvalue weighted by atomic mass is 16.5. The van der Waals surface area contributed by atoms with Gasteiger partial charge in [-0.2, -0.15) is 0 Å². The lowest BCUT2D eigenvalue weighted by atomic mass is 10.0. The molecular weight excluding hydrogens is 398 g/mol. The van der Waals surface area contributed by atoms with Gasteiger partial charge in [-0.3, -0.25) is 4.90 Å². The summed E-state index contributed by atoms with van der Waals surface area (Å²) in [7, 11) is 1.65. The molecule has 5 nitrogen and oxygen atoms in total. The summed E-state index contributed by atoms with van der Waals surface area (Å²) < 4.78 is 5.19. The van der Waals surface area contributed by atoms with Crippen molar-refractivity contribution in [1.29, 1.82) is 0 Å². The molecule has 1 fully saturated rings. The van der Waals surface area contributed by atoms with Crippen LogP contribution in [0.2, 0.25) is 0 Å². The molecule has 3 aromatic rings. The lowest BCUT2D eigenvalue weighted by Gasteiger charge is -2.29. The molecule has 5 heteroatoms. The molecule has 1 aliphatic rings. The third kappa shape index (κ3) is 6.16. The minimum Gasteiger partial charge on any atom is -0.497 e. The highest BCUT2D eigenvalue weighted by molar-refractivity contribution is 5.59. The van der Waals surface area contributed by atoms with Gasteiger partial charge in [-0.1, -0.05) is 30.2 Å². The summed E-state index contributed by atoms with van der Waals surface area (Å²) in [6.07, 6.45) is 3.34. The molecule has 1 N–H and O–H groups in total. The first-order valence-corrected chi connectivity index (χ1v) is 11.1. The van der Waals surface area contributed by atoms with Crippen LogP contribution >= 0.6 is 0 Å². The smallest absolute Gasteiger partial charge is 0.135 e. The zero-order chi connectivity index (χ0) is 22.2. The first kappa shape index (κ1) is 22.0. The summed E-state index contributed by atoms with van der Waals surface area (Å²) in [6, 6.07) is 20.4. The molecule has 2 heterocycles. The molecule has 4 rings (SSSR count). The van der Waals surface area contributed by atoms with Gasteiger partial charge in [-0.15, -0.1) is 10.2 Å². The molecule has 1 aromatic heterocycles. The van der Waals surface area contributed by atoms with Crippen LogP contribution in [0.5, 0.6) is 5.75 Å². The van der Waals surface area contributed by atoms with E-state index in [1.165, 1.54) is 11.1 Å². The van der Waals surface area contributed by atoms with Crippen molar-refractivity contribution < 1.29 is 9.84 Å².